The van der Waals surface area contributed by atoms with Gasteiger partial charge in [0.2, 0.25) is 0 Å². The van der Waals surface area contributed by atoms with Crippen LogP contribution in [0.1, 0.15) is 5.56 Å². The molecule has 0 bridgehead atoms. The summed E-state index contributed by atoms with van der Waals surface area (Å²) in [7, 11) is 0. The minimum absolute atomic E-state index is 0.157. The molecule has 0 aliphatic carbocycles. The van der Waals surface area contributed by atoms with E-state index in [-0.39, 0.29) is 5.84 Å². The van der Waals surface area contributed by atoms with Crippen LogP contribution in [-0.4, -0.2) is 15.8 Å². The van der Waals surface area contributed by atoms with Gasteiger partial charge in [0.1, 0.15) is 5.82 Å². The molecule has 0 aliphatic heterocycles. The Morgan fingerprint density at radius 1 is 1.07 bits per heavy atom. The summed E-state index contributed by atoms with van der Waals surface area (Å²) < 4.78 is 0. The van der Waals surface area contributed by atoms with Crippen LogP contribution in [0.15, 0.2) is 71.2 Å². The summed E-state index contributed by atoms with van der Waals surface area (Å²) in [4.78, 5) is 9.01. The maximum Gasteiger partial charge on any atom is 0.155 e. The zero-order valence-electron chi connectivity index (χ0n) is 14.0. The lowest BCUT2D eigenvalue weighted by Crippen LogP contribution is -2.12. The van der Waals surface area contributed by atoms with Gasteiger partial charge in [0.15, 0.2) is 5.84 Å². The fourth-order valence-electron chi connectivity index (χ4n) is 2.92. The van der Waals surface area contributed by atoms with Gasteiger partial charge in [0.25, 0.3) is 0 Å². The number of hydrogen-bond acceptors (Lipinski definition) is 5. The molecule has 0 saturated heterocycles. The lowest BCUT2D eigenvalue weighted by Gasteiger charge is -2.12. The van der Waals surface area contributed by atoms with Gasteiger partial charge in [-0.05, 0) is 30.3 Å². The first-order valence-electron chi connectivity index (χ1n) is 8.06. The van der Waals surface area contributed by atoms with Gasteiger partial charge in [-0.2, -0.15) is 5.53 Å². The standard InChI is InChI=1S/C19H14ClN7/c20-12-2-1-3-13(9-12)24-19-15-6-7-23-10-16(15)14-5-4-11(8-17(14)25-19)18(21)26-27-22/h1-10H,(H,24,25)(H3,21,22,26). The van der Waals surface area contributed by atoms with Gasteiger partial charge in [0, 0.05) is 44.8 Å². The lowest BCUT2D eigenvalue weighted by atomic mass is 10.1. The predicted molar refractivity (Wildman–Crippen MR) is 108 cm³/mol. The molecule has 7 nitrogen and oxygen atoms in total. The summed E-state index contributed by atoms with van der Waals surface area (Å²) in [5.74, 6) is 0.837. The molecule has 27 heavy (non-hydrogen) atoms. The van der Waals surface area contributed by atoms with Crippen LogP contribution >= 0.6 is 11.6 Å². The fourth-order valence-corrected chi connectivity index (χ4v) is 3.11. The number of anilines is 2. The summed E-state index contributed by atoms with van der Waals surface area (Å²) in [5.41, 5.74) is 14.9. The number of rotatable bonds is 4. The third-order valence-corrected chi connectivity index (χ3v) is 4.37. The first-order valence-corrected chi connectivity index (χ1v) is 8.44. The van der Waals surface area contributed by atoms with E-state index in [1.54, 1.807) is 12.4 Å². The van der Waals surface area contributed by atoms with Crippen molar-refractivity contribution in [2.24, 2.45) is 16.1 Å². The topological polar surface area (TPSA) is 112 Å². The van der Waals surface area contributed by atoms with E-state index < -0.39 is 0 Å². The number of nitrogens with zero attached hydrogens (tertiary/aromatic N) is 4. The van der Waals surface area contributed by atoms with Crippen LogP contribution in [0.25, 0.3) is 21.7 Å². The van der Waals surface area contributed by atoms with E-state index in [1.165, 1.54) is 0 Å². The van der Waals surface area contributed by atoms with E-state index in [0.717, 1.165) is 27.4 Å². The van der Waals surface area contributed by atoms with E-state index in [0.29, 0.717) is 16.4 Å². The average molecular weight is 376 g/mol. The number of amidine groups is 1. The predicted octanol–water partition coefficient (Wildman–Crippen LogP) is 4.83. The Hall–Kier alpha value is -3.58. The normalized spacial score (nSPS) is 11.7. The van der Waals surface area contributed by atoms with Gasteiger partial charge in [-0.15, -0.1) is 5.10 Å². The molecule has 0 fully saturated rings. The fraction of sp³-hybridized carbons (Fsp3) is 0. The Labute approximate surface area is 159 Å². The van der Waals surface area contributed by atoms with E-state index in [1.807, 2.05) is 48.5 Å². The lowest BCUT2D eigenvalue weighted by molar-refractivity contribution is 0.986. The largest absolute Gasteiger partial charge is 0.382 e. The van der Waals surface area contributed by atoms with Crippen molar-refractivity contribution in [3.63, 3.8) is 0 Å². The van der Waals surface area contributed by atoms with Crippen molar-refractivity contribution in [3.05, 3.63) is 71.5 Å². The molecule has 0 atom stereocenters. The highest BCUT2D eigenvalue weighted by molar-refractivity contribution is 6.30. The quantitative estimate of drug-likeness (QED) is 0.156. The number of pyridine rings is 2. The summed E-state index contributed by atoms with van der Waals surface area (Å²) in [6, 6.07) is 14.9. The number of fused-ring (bicyclic) bond motifs is 3. The molecule has 2 heterocycles. The number of nitrogens with two attached hydrogens (primary N) is 1. The smallest absolute Gasteiger partial charge is 0.155 e. The third-order valence-electron chi connectivity index (χ3n) is 4.14. The van der Waals surface area contributed by atoms with Gasteiger partial charge in [0.05, 0.1) is 5.52 Å². The minimum Gasteiger partial charge on any atom is -0.382 e. The van der Waals surface area contributed by atoms with Crippen molar-refractivity contribution in [2.45, 2.75) is 0 Å². The number of aromatic nitrogens is 2. The number of hydrogen-bond donors (Lipinski definition) is 3. The van der Waals surface area contributed by atoms with E-state index >= 15 is 0 Å². The molecular weight excluding hydrogens is 362 g/mol. The number of nitrogens with one attached hydrogen (secondary N) is 2. The highest BCUT2D eigenvalue weighted by Gasteiger charge is 2.11. The van der Waals surface area contributed by atoms with Crippen LogP contribution in [-0.2, 0) is 0 Å². The first kappa shape index (κ1) is 16.9. The average Bonchev–Trinajstić information content (AvgIpc) is 2.68. The molecule has 0 radical (unpaired) electrons. The van der Waals surface area contributed by atoms with Gasteiger partial charge in [-0.1, -0.05) is 35.0 Å². The maximum atomic E-state index is 6.84. The van der Waals surface area contributed by atoms with E-state index in [4.69, 9.17) is 27.8 Å². The van der Waals surface area contributed by atoms with Crippen molar-refractivity contribution >= 4 is 50.6 Å². The maximum absolute atomic E-state index is 6.84. The summed E-state index contributed by atoms with van der Waals surface area (Å²) in [6.45, 7) is 0. The van der Waals surface area contributed by atoms with Crippen molar-refractivity contribution in [1.29, 1.82) is 5.53 Å². The molecule has 4 N–H and O–H groups in total. The Balaban J connectivity index is 1.93. The van der Waals surface area contributed by atoms with Crippen molar-refractivity contribution in [3.8, 4) is 0 Å². The third kappa shape index (κ3) is 3.28. The summed E-state index contributed by atoms with van der Waals surface area (Å²) in [5, 5.41) is 13.4. The second kappa shape index (κ2) is 6.97. The zero-order chi connectivity index (χ0) is 18.8. The second-order valence-corrected chi connectivity index (χ2v) is 6.27. The van der Waals surface area contributed by atoms with Crippen LogP contribution < -0.4 is 11.1 Å². The van der Waals surface area contributed by atoms with Crippen molar-refractivity contribution in [1.82, 2.24) is 9.97 Å². The van der Waals surface area contributed by atoms with Crippen LogP contribution in [0.5, 0.6) is 0 Å². The van der Waals surface area contributed by atoms with E-state index in [9.17, 15) is 0 Å². The van der Waals surface area contributed by atoms with Gasteiger partial charge < -0.3 is 11.1 Å². The highest BCUT2D eigenvalue weighted by atomic mass is 35.5. The Bertz CT molecular complexity index is 1200. The molecule has 2 aromatic heterocycles. The monoisotopic (exact) mass is 375 g/mol. The zero-order valence-corrected chi connectivity index (χ0v) is 14.8. The molecule has 0 aliphatic rings. The molecule has 0 unspecified atom stereocenters. The molecule has 0 saturated carbocycles. The molecule has 0 amide bonds. The summed E-state index contributed by atoms with van der Waals surface area (Å²) >= 11 is 6.09. The second-order valence-electron chi connectivity index (χ2n) is 5.83. The Morgan fingerprint density at radius 3 is 2.78 bits per heavy atom. The number of benzene rings is 2. The SMILES string of the molecule is N=N/N=C(\N)c1ccc2c(c1)nc(Nc1cccc(Cl)c1)c1ccncc12. The van der Waals surface area contributed by atoms with Gasteiger partial charge in [-0.3, -0.25) is 4.98 Å². The van der Waals surface area contributed by atoms with Crippen molar-refractivity contribution in [2.75, 3.05) is 5.32 Å². The van der Waals surface area contributed by atoms with Gasteiger partial charge in [-0.25, -0.2) is 4.98 Å². The van der Waals surface area contributed by atoms with Crippen LogP contribution in [0, 0.1) is 5.53 Å². The Morgan fingerprint density at radius 2 is 1.96 bits per heavy atom. The minimum atomic E-state index is 0.157. The molecule has 0 spiro atoms. The molecule has 8 heteroatoms. The Kier molecular flexibility index (Phi) is 4.35. The molecular formula is C19H14ClN7. The van der Waals surface area contributed by atoms with Crippen molar-refractivity contribution < 1.29 is 0 Å². The summed E-state index contributed by atoms with van der Waals surface area (Å²) in [6.07, 6.45) is 3.53. The first-order chi connectivity index (χ1) is 13.2. The van der Waals surface area contributed by atoms with Crippen LogP contribution in [0.4, 0.5) is 11.5 Å². The number of halogens is 1. The van der Waals surface area contributed by atoms with Gasteiger partial charge >= 0.3 is 0 Å². The van der Waals surface area contributed by atoms with Crippen LogP contribution in [0.2, 0.25) is 5.02 Å². The molecule has 2 aromatic carbocycles. The van der Waals surface area contributed by atoms with E-state index in [2.05, 4.69) is 20.6 Å². The van der Waals surface area contributed by atoms with Crippen LogP contribution in [0.3, 0.4) is 0 Å². The highest BCUT2D eigenvalue weighted by Crippen LogP contribution is 2.31. The molecule has 132 valence electrons. The molecule has 4 rings (SSSR count). The molecule has 4 aromatic rings.